The van der Waals surface area contributed by atoms with Crippen LogP contribution < -0.4 is 5.32 Å². The van der Waals surface area contributed by atoms with E-state index in [2.05, 4.69) is 22.3 Å². The number of hydrogen-bond acceptors (Lipinski definition) is 3. The molecule has 1 atom stereocenters. The van der Waals surface area contributed by atoms with Crippen LogP contribution >= 0.6 is 0 Å². The Bertz CT molecular complexity index is 530. The van der Waals surface area contributed by atoms with E-state index in [-0.39, 0.29) is 23.8 Å². The molecule has 5 nitrogen and oxygen atoms in total. The van der Waals surface area contributed by atoms with E-state index in [1.54, 1.807) is 11.9 Å². The molecule has 1 heterocycles. The minimum absolute atomic E-state index is 0.0568. The highest BCUT2D eigenvalue weighted by atomic mass is 16.2. The van der Waals surface area contributed by atoms with Gasteiger partial charge in [-0.1, -0.05) is 44.2 Å². The summed E-state index contributed by atoms with van der Waals surface area (Å²) in [4.78, 5) is 28.5. The van der Waals surface area contributed by atoms with E-state index in [9.17, 15) is 9.59 Å². The first kappa shape index (κ1) is 17.5. The van der Waals surface area contributed by atoms with Crippen molar-refractivity contribution in [1.82, 2.24) is 15.1 Å². The zero-order valence-corrected chi connectivity index (χ0v) is 14.3. The van der Waals surface area contributed by atoms with Crippen molar-refractivity contribution in [2.75, 3.05) is 33.2 Å². The van der Waals surface area contributed by atoms with Gasteiger partial charge in [-0.05, 0) is 12.0 Å². The van der Waals surface area contributed by atoms with Gasteiger partial charge in [0.25, 0.3) is 0 Å². The van der Waals surface area contributed by atoms with Gasteiger partial charge in [-0.3, -0.25) is 14.5 Å². The molecule has 0 radical (unpaired) electrons. The van der Waals surface area contributed by atoms with Crippen LogP contribution in [0.1, 0.15) is 19.4 Å². The number of rotatable bonds is 5. The lowest BCUT2D eigenvalue weighted by atomic mass is 10.1. The number of nitrogens with one attached hydrogen (secondary N) is 1. The number of benzene rings is 1. The zero-order valence-electron chi connectivity index (χ0n) is 14.3. The Morgan fingerprint density at radius 1 is 1.22 bits per heavy atom. The van der Waals surface area contributed by atoms with E-state index in [4.69, 9.17) is 0 Å². The molecule has 1 N–H and O–H groups in total. The Hall–Kier alpha value is -1.88. The topological polar surface area (TPSA) is 52.7 Å². The number of carbonyl (C=O) groups excluding carboxylic acids is 2. The average molecular weight is 317 g/mol. The molecule has 1 fully saturated rings. The maximum Gasteiger partial charge on any atom is 0.243 e. The second kappa shape index (κ2) is 8.11. The molecule has 2 amide bonds. The molecule has 0 aromatic heterocycles. The first-order chi connectivity index (χ1) is 11.0. The molecule has 1 aromatic rings. The predicted molar refractivity (Wildman–Crippen MR) is 91.0 cm³/mol. The van der Waals surface area contributed by atoms with Crippen molar-refractivity contribution in [3.05, 3.63) is 35.9 Å². The molecule has 126 valence electrons. The Morgan fingerprint density at radius 2 is 1.91 bits per heavy atom. The summed E-state index contributed by atoms with van der Waals surface area (Å²) in [6.45, 7) is 6.70. The van der Waals surface area contributed by atoms with Crippen LogP contribution in [0.2, 0.25) is 0 Å². The summed E-state index contributed by atoms with van der Waals surface area (Å²) in [7, 11) is 1.63. The molecule has 1 aromatic carbocycles. The smallest absolute Gasteiger partial charge is 0.243 e. The molecule has 1 aliphatic heterocycles. The van der Waals surface area contributed by atoms with Gasteiger partial charge in [0, 0.05) is 39.1 Å². The monoisotopic (exact) mass is 317 g/mol. The molecule has 23 heavy (non-hydrogen) atoms. The summed E-state index contributed by atoms with van der Waals surface area (Å²) >= 11 is 0. The largest absolute Gasteiger partial charge is 0.357 e. The van der Waals surface area contributed by atoms with Crippen LogP contribution in [0, 0.1) is 5.92 Å². The summed E-state index contributed by atoms with van der Waals surface area (Å²) in [6, 6.07) is 9.95. The second-order valence-corrected chi connectivity index (χ2v) is 6.35. The van der Waals surface area contributed by atoms with Gasteiger partial charge in [-0.2, -0.15) is 0 Å². The molecule has 0 spiro atoms. The molecule has 5 heteroatoms. The highest BCUT2D eigenvalue weighted by molar-refractivity contribution is 5.88. The quantitative estimate of drug-likeness (QED) is 0.886. The lowest BCUT2D eigenvalue weighted by Crippen LogP contribution is -2.61. The summed E-state index contributed by atoms with van der Waals surface area (Å²) in [5, 5.41) is 2.69. The van der Waals surface area contributed by atoms with Gasteiger partial charge in [0.15, 0.2) is 0 Å². The number of likely N-dealkylation sites (N-methyl/N-ethyl adjacent to an activating group) is 1. The Kier molecular flexibility index (Phi) is 6.16. The minimum atomic E-state index is -0.389. The lowest BCUT2D eigenvalue weighted by molar-refractivity contribution is -0.146. The summed E-state index contributed by atoms with van der Waals surface area (Å²) in [6.07, 6.45) is 0.958. The number of nitrogens with zero attached hydrogens (tertiary/aromatic N) is 2. The van der Waals surface area contributed by atoms with Crippen molar-refractivity contribution >= 4 is 11.8 Å². The van der Waals surface area contributed by atoms with Gasteiger partial charge < -0.3 is 10.2 Å². The van der Waals surface area contributed by atoms with Crippen LogP contribution in [-0.4, -0.2) is 60.9 Å². The third-order valence-corrected chi connectivity index (χ3v) is 4.35. The fourth-order valence-electron chi connectivity index (χ4n) is 2.96. The predicted octanol–water partition coefficient (Wildman–Crippen LogP) is 1.14. The first-order valence-corrected chi connectivity index (χ1v) is 8.31. The van der Waals surface area contributed by atoms with Crippen LogP contribution in [0.25, 0.3) is 0 Å². The number of amides is 2. The normalized spacial score (nSPS) is 19.0. The molecule has 0 saturated carbocycles. The van der Waals surface area contributed by atoms with Crippen LogP contribution in [0.3, 0.4) is 0 Å². The summed E-state index contributed by atoms with van der Waals surface area (Å²) in [5.74, 6) is -0.109. The standard InChI is InChI=1S/C18H27N3O2/c1-14(2)18(23)21-12-11-20(13-16(21)17(22)19-3)10-9-15-7-5-4-6-8-15/h4-8,14,16H,9-13H2,1-3H3,(H,19,22)/t16-/m1/s1. The van der Waals surface area contributed by atoms with Gasteiger partial charge in [-0.15, -0.1) is 0 Å². The Balaban J connectivity index is 1.98. The first-order valence-electron chi connectivity index (χ1n) is 8.31. The molecule has 2 rings (SSSR count). The van der Waals surface area contributed by atoms with E-state index >= 15 is 0 Å². The SMILES string of the molecule is CNC(=O)[C@H]1CN(CCc2ccccc2)CCN1C(=O)C(C)C. The Labute approximate surface area is 138 Å². The second-order valence-electron chi connectivity index (χ2n) is 6.35. The van der Waals surface area contributed by atoms with Crippen molar-refractivity contribution in [3.63, 3.8) is 0 Å². The fraction of sp³-hybridized carbons (Fsp3) is 0.556. The number of piperazine rings is 1. The van der Waals surface area contributed by atoms with Gasteiger partial charge in [-0.25, -0.2) is 0 Å². The van der Waals surface area contributed by atoms with Gasteiger partial charge in [0.05, 0.1) is 0 Å². The van der Waals surface area contributed by atoms with Crippen molar-refractivity contribution < 1.29 is 9.59 Å². The van der Waals surface area contributed by atoms with Gasteiger partial charge >= 0.3 is 0 Å². The van der Waals surface area contributed by atoms with Crippen molar-refractivity contribution in [3.8, 4) is 0 Å². The highest BCUT2D eigenvalue weighted by Gasteiger charge is 2.35. The third kappa shape index (κ3) is 4.55. The Morgan fingerprint density at radius 3 is 2.52 bits per heavy atom. The van der Waals surface area contributed by atoms with E-state index in [1.165, 1.54) is 5.56 Å². The minimum Gasteiger partial charge on any atom is -0.357 e. The van der Waals surface area contributed by atoms with Crippen LogP contribution in [0.15, 0.2) is 30.3 Å². The van der Waals surface area contributed by atoms with Gasteiger partial charge in [0.1, 0.15) is 6.04 Å². The molecular formula is C18H27N3O2. The van der Waals surface area contributed by atoms with E-state index < -0.39 is 0 Å². The molecule has 0 bridgehead atoms. The molecular weight excluding hydrogens is 290 g/mol. The van der Waals surface area contributed by atoms with Crippen LogP contribution in [0.4, 0.5) is 0 Å². The van der Waals surface area contributed by atoms with Crippen molar-refractivity contribution in [1.29, 1.82) is 0 Å². The van der Waals surface area contributed by atoms with Crippen LogP contribution in [-0.2, 0) is 16.0 Å². The molecule has 1 aliphatic rings. The molecule has 1 saturated heterocycles. The summed E-state index contributed by atoms with van der Waals surface area (Å²) < 4.78 is 0. The lowest BCUT2D eigenvalue weighted by Gasteiger charge is -2.41. The van der Waals surface area contributed by atoms with Crippen molar-refractivity contribution in [2.45, 2.75) is 26.3 Å². The summed E-state index contributed by atoms with van der Waals surface area (Å²) in [5.41, 5.74) is 1.30. The number of carbonyl (C=O) groups is 2. The fourth-order valence-corrected chi connectivity index (χ4v) is 2.96. The zero-order chi connectivity index (χ0) is 16.8. The van der Waals surface area contributed by atoms with Gasteiger partial charge in [0.2, 0.25) is 11.8 Å². The maximum atomic E-state index is 12.3. The highest BCUT2D eigenvalue weighted by Crippen LogP contribution is 2.14. The average Bonchev–Trinajstić information content (AvgIpc) is 2.59. The van der Waals surface area contributed by atoms with Crippen LogP contribution in [0.5, 0.6) is 0 Å². The maximum absolute atomic E-state index is 12.3. The number of hydrogen-bond donors (Lipinski definition) is 1. The van der Waals surface area contributed by atoms with Crippen molar-refractivity contribution in [2.24, 2.45) is 5.92 Å². The van der Waals surface area contributed by atoms with E-state index in [0.717, 1.165) is 19.5 Å². The molecule has 0 unspecified atom stereocenters. The van der Waals surface area contributed by atoms with E-state index in [0.29, 0.717) is 13.1 Å². The van der Waals surface area contributed by atoms with E-state index in [1.807, 2.05) is 32.0 Å². The molecule has 0 aliphatic carbocycles. The third-order valence-electron chi connectivity index (χ3n) is 4.35.